The SMILES string of the molecule is CC1CCOC(=O)CCCCCCCCC(=O)OC(C)CCOC(=O)CCCCCCCCC(=O)O1. The summed E-state index contributed by atoms with van der Waals surface area (Å²) in [5, 5.41) is 0. The second-order valence-electron chi connectivity index (χ2n) is 9.86. The Hall–Kier alpha value is -2.12. The Labute approximate surface area is 217 Å². The molecule has 1 fully saturated rings. The van der Waals surface area contributed by atoms with Crippen LogP contribution in [0.1, 0.15) is 129 Å². The Bertz CT molecular complexity index is 579. The lowest BCUT2D eigenvalue weighted by Crippen LogP contribution is -2.18. The number of ether oxygens (including phenoxy) is 4. The maximum absolute atomic E-state index is 12.0. The van der Waals surface area contributed by atoms with E-state index < -0.39 is 0 Å². The highest BCUT2D eigenvalue weighted by molar-refractivity contribution is 5.70. The van der Waals surface area contributed by atoms with E-state index in [4.69, 9.17) is 18.9 Å². The first kappa shape index (κ1) is 31.9. The molecule has 0 aromatic heterocycles. The van der Waals surface area contributed by atoms with Crippen LogP contribution in [0, 0.1) is 0 Å². The summed E-state index contributed by atoms with van der Waals surface area (Å²) in [5.41, 5.74) is 0. The number of cyclic esters (lactones) is 4. The van der Waals surface area contributed by atoms with Crippen molar-refractivity contribution >= 4 is 23.9 Å². The lowest BCUT2D eigenvalue weighted by molar-refractivity contribution is -0.152. The van der Waals surface area contributed by atoms with Crippen molar-refractivity contribution in [2.45, 2.75) is 142 Å². The lowest BCUT2D eigenvalue weighted by atomic mass is 10.1. The molecule has 0 radical (unpaired) electrons. The van der Waals surface area contributed by atoms with Gasteiger partial charge in [-0.15, -0.1) is 0 Å². The maximum atomic E-state index is 12.0. The first-order valence-electron chi connectivity index (χ1n) is 14.1. The van der Waals surface area contributed by atoms with E-state index >= 15 is 0 Å². The summed E-state index contributed by atoms with van der Waals surface area (Å²) in [5.74, 6) is -0.833. The van der Waals surface area contributed by atoms with E-state index in [0.717, 1.165) is 77.0 Å². The summed E-state index contributed by atoms with van der Waals surface area (Å²) in [7, 11) is 0. The van der Waals surface area contributed by atoms with Gasteiger partial charge in [-0.05, 0) is 39.5 Å². The molecule has 1 aliphatic heterocycles. The van der Waals surface area contributed by atoms with Gasteiger partial charge < -0.3 is 18.9 Å². The van der Waals surface area contributed by atoms with E-state index in [1.165, 1.54) is 0 Å². The summed E-state index contributed by atoms with van der Waals surface area (Å²) in [6.07, 6.45) is 13.0. The predicted molar refractivity (Wildman–Crippen MR) is 136 cm³/mol. The van der Waals surface area contributed by atoms with E-state index in [1.54, 1.807) is 0 Å². The lowest BCUT2D eigenvalue weighted by Gasteiger charge is -2.14. The molecule has 2 atom stereocenters. The Morgan fingerprint density at radius 2 is 0.722 bits per heavy atom. The molecule has 0 amide bonds. The van der Waals surface area contributed by atoms with E-state index in [0.29, 0.717) is 38.5 Å². The van der Waals surface area contributed by atoms with Crippen LogP contribution in [-0.2, 0) is 38.1 Å². The van der Waals surface area contributed by atoms with Gasteiger partial charge in [-0.3, -0.25) is 19.2 Å². The summed E-state index contributed by atoms with van der Waals surface area (Å²) >= 11 is 0. The van der Waals surface area contributed by atoms with Gasteiger partial charge in [0.1, 0.15) is 12.2 Å². The van der Waals surface area contributed by atoms with Crippen LogP contribution < -0.4 is 0 Å². The van der Waals surface area contributed by atoms with Gasteiger partial charge in [-0.1, -0.05) is 51.4 Å². The maximum Gasteiger partial charge on any atom is 0.306 e. The molecule has 1 rings (SSSR count). The number of carbonyl (C=O) groups is 4. The van der Waals surface area contributed by atoms with Crippen LogP contribution in [0.4, 0.5) is 0 Å². The summed E-state index contributed by atoms with van der Waals surface area (Å²) in [4.78, 5) is 47.7. The van der Waals surface area contributed by atoms with Gasteiger partial charge in [0.15, 0.2) is 0 Å². The van der Waals surface area contributed by atoms with Gasteiger partial charge in [-0.25, -0.2) is 0 Å². The molecule has 36 heavy (non-hydrogen) atoms. The number of carbonyl (C=O) groups excluding carboxylic acids is 4. The Morgan fingerprint density at radius 3 is 1.06 bits per heavy atom. The van der Waals surface area contributed by atoms with E-state index in [-0.39, 0.29) is 49.3 Å². The normalized spacial score (nSPS) is 25.5. The molecule has 0 N–H and O–H groups in total. The standard InChI is InChI=1S/C28H48O8/c1-23-19-21-33-25(29)15-11-7-4-6-10-14-18-28(32)36-24(2)20-22-34-26(30)16-12-8-3-5-9-13-17-27(31)35-23/h23-24H,3-22H2,1-2H3. The minimum absolute atomic E-state index is 0.208. The number of rotatable bonds is 0. The highest BCUT2D eigenvalue weighted by atomic mass is 16.6. The zero-order valence-corrected chi connectivity index (χ0v) is 22.6. The van der Waals surface area contributed by atoms with Crippen molar-refractivity contribution < 1.29 is 38.1 Å². The molecule has 8 heteroatoms. The molecule has 0 spiro atoms. The molecule has 208 valence electrons. The van der Waals surface area contributed by atoms with Gasteiger partial charge in [0.2, 0.25) is 0 Å². The Kier molecular flexibility index (Phi) is 18.6. The van der Waals surface area contributed by atoms with Gasteiger partial charge in [0, 0.05) is 38.5 Å². The van der Waals surface area contributed by atoms with Crippen LogP contribution in [0.2, 0.25) is 0 Å². The first-order chi connectivity index (χ1) is 17.4. The van der Waals surface area contributed by atoms with Crippen LogP contribution >= 0.6 is 0 Å². The van der Waals surface area contributed by atoms with Crippen LogP contribution in [0.3, 0.4) is 0 Å². The van der Waals surface area contributed by atoms with E-state index in [2.05, 4.69) is 0 Å². The third-order valence-corrected chi connectivity index (χ3v) is 6.26. The molecular formula is C28H48O8. The topological polar surface area (TPSA) is 105 Å². The predicted octanol–water partition coefficient (Wildman–Crippen LogP) is 5.97. The van der Waals surface area contributed by atoms with Crippen molar-refractivity contribution in [3.8, 4) is 0 Å². The number of hydrogen-bond donors (Lipinski definition) is 0. The van der Waals surface area contributed by atoms with Crippen molar-refractivity contribution in [2.24, 2.45) is 0 Å². The zero-order chi connectivity index (χ0) is 26.4. The minimum atomic E-state index is -0.272. The fraction of sp³-hybridized carbons (Fsp3) is 0.857. The van der Waals surface area contributed by atoms with Gasteiger partial charge in [-0.2, -0.15) is 0 Å². The molecule has 1 aliphatic rings. The first-order valence-corrected chi connectivity index (χ1v) is 14.1. The molecule has 8 nitrogen and oxygen atoms in total. The highest BCUT2D eigenvalue weighted by Crippen LogP contribution is 2.13. The van der Waals surface area contributed by atoms with Crippen molar-refractivity contribution in [2.75, 3.05) is 13.2 Å². The third kappa shape index (κ3) is 19.1. The van der Waals surface area contributed by atoms with Crippen LogP contribution in [0.5, 0.6) is 0 Å². The summed E-state index contributed by atoms with van der Waals surface area (Å²) < 4.78 is 21.3. The Balaban J connectivity index is 2.35. The largest absolute Gasteiger partial charge is 0.466 e. The van der Waals surface area contributed by atoms with Crippen LogP contribution in [0.25, 0.3) is 0 Å². The molecule has 1 saturated heterocycles. The highest BCUT2D eigenvalue weighted by Gasteiger charge is 2.12. The summed E-state index contributed by atoms with van der Waals surface area (Å²) in [6.45, 7) is 4.16. The smallest absolute Gasteiger partial charge is 0.306 e. The second-order valence-corrected chi connectivity index (χ2v) is 9.86. The molecule has 0 aromatic rings. The van der Waals surface area contributed by atoms with Crippen molar-refractivity contribution in [1.29, 1.82) is 0 Å². The molecule has 0 aromatic carbocycles. The molecule has 0 saturated carbocycles. The molecule has 0 bridgehead atoms. The monoisotopic (exact) mass is 512 g/mol. The second kappa shape index (κ2) is 21.0. The molecule has 0 aliphatic carbocycles. The summed E-state index contributed by atoms with van der Waals surface area (Å²) in [6, 6.07) is 0. The van der Waals surface area contributed by atoms with Crippen LogP contribution in [0.15, 0.2) is 0 Å². The van der Waals surface area contributed by atoms with Crippen molar-refractivity contribution in [3.63, 3.8) is 0 Å². The van der Waals surface area contributed by atoms with Gasteiger partial charge in [0.05, 0.1) is 13.2 Å². The third-order valence-electron chi connectivity index (χ3n) is 6.26. The average molecular weight is 513 g/mol. The zero-order valence-electron chi connectivity index (χ0n) is 22.6. The number of esters is 4. The van der Waals surface area contributed by atoms with Gasteiger partial charge >= 0.3 is 23.9 Å². The van der Waals surface area contributed by atoms with E-state index in [9.17, 15) is 19.2 Å². The fourth-order valence-electron chi connectivity index (χ4n) is 4.00. The minimum Gasteiger partial charge on any atom is -0.466 e. The number of hydrogen-bond acceptors (Lipinski definition) is 8. The van der Waals surface area contributed by atoms with Crippen LogP contribution in [-0.4, -0.2) is 49.3 Å². The molecular weight excluding hydrogens is 464 g/mol. The van der Waals surface area contributed by atoms with Crippen molar-refractivity contribution in [3.05, 3.63) is 0 Å². The van der Waals surface area contributed by atoms with Gasteiger partial charge in [0.25, 0.3) is 0 Å². The van der Waals surface area contributed by atoms with E-state index in [1.807, 2.05) is 13.8 Å². The fourth-order valence-corrected chi connectivity index (χ4v) is 4.00. The Morgan fingerprint density at radius 1 is 0.444 bits per heavy atom. The molecule has 1 heterocycles. The molecule has 2 unspecified atom stereocenters. The van der Waals surface area contributed by atoms with Crippen molar-refractivity contribution in [1.82, 2.24) is 0 Å². The quantitative estimate of drug-likeness (QED) is 0.289. The average Bonchev–Trinajstić information content (AvgIpc) is 2.81.